The summed E-state index contributed by atoms with van der Waals surface area (Å²) >= 11 is 23.7. The number of halogens is 4. The minimum atomic E-state index is -0.878. The molecule has 0 amide bonds. The second kappa shape index (κ2) is 7.56. The van der Waals surface area contributed by atoms with E-state index in [4.69, 9.17) is 46.4 Å². The van der Waals surface area contributed by atoms with Crippen molar-refractivity contribution in [1.29, 1.82) is 0 Å². The zero-order valence-electron chi connectivity index (χ0n) is 11.3. The molecule has 0 radical (unpaired) electrons. The Kier molecular flexibility index (Phi) is 5.99. The fourth-order valence-electron chi connectivity index (χ4n) is 2.15. The molecule has 22 heavy (non-hydrogen) atoms. The lowest BCUT2D eigenvalue weighted by Gasteiger charge is -2.13. The van der Waals surface area contributed by atoms with E-state index in [0.717, 1.165) is 11.1 Å². The quantitative estimate of drug-likeness (QED) is 0.716. The zero-order chi connectivity index (χ0) is 16.3. The lowest BCUT2D eigenvalue weighted by atomic mass is 9.92. The van der Waals surface area contributed by atoms with E-state index in [0.29, 0.717) is 32.9 Å². The van der Waals surface area contributed by atoms with Gasteiger partial charge in [0.2, 0.25) is 0 Å². The molecule has 0 aromatic heterocycles. The van der Waals surface area contributed by atoms with E-state index in [2.05, 4.69) is 0 Å². The van der Waals surface area contributed by atoms with Crippen LogP contribution < -0.4 is 0 Å². The first kappa shape index (κ1) is 17.4. The van der Waals surface area contributed by atoms with Crippen LogP contribution in [-0.4, -0.2) is 11.1 Å². The second-order valence-electron chi connectivity index (χ2n) is 4.94. The molecule has 0 aliphatic carbocycles. The monoisotopic (exact) mass is 376 g/mol. The summed E-state index contributed by atoms with van der Waals surface area (Å²) in [6.07, 6.45) is 0.707. The first-order valence-electron chi connectivity index (χ1n) is 6.47. The average molecular weight is 378 g/mol. The maximum Gasteiger partial charge on any atom is 0.307 e. The Morgan fingerprint density at radius 1 is 0.818 bits per heavy atom. The van der Waals surface area contributed by atoms with Crippen LogP contribution in [0, 0.1) is 5.92 Å². The average Bonchev–Trinajstić information content (AvgIpc) is 2.46. The van der Waals surface area contributed by atoms with Crippen LogP contribution in [0.3, 0.4) is 0 Å². The van der Waals surface area contributed by atoms with Crippen molar-refractivity contribution < 1.29 is 9.90 Å². The third-order valence-corrected chi connectivity index (χ3v) is 4.76. The minimum absolute atomic E-state index is 0.354. The molecule has 6 heteroatoms. The Morgan fingerprint density at radius 2 is 1.23 bits per heavy atom. The summed E-state index contributed by atoms with van der Waals surface area (Å²) in [6.45, 7) is 0. The van der Waals surface area contributed by atoms with Gasteiger partial charge in [-0.2, -0.15) is 0 Å². The van der Waals surface area contributed by atoms with Gasteiger partial charge in [0.25, 0.3) is 0 Å². The summed E-state index contributed by atoms with van der Waals surface area (Å²) in [5, 5.41) is 11.1. The number of carboxylic acids is 1. The van der Waals surface area contributed by atoms with Gasteiger partial charge in [-0.3, -0.25) is 4.79 Å². The van der Waals surface area contributed by atoms with Crippen LogP contribution in [0.15, 0.2) is 36.4 Å². The van der Waals surface area contributed by atoms with Gasteiger partial charge >= 0.3 is 5.97 Å². The van der Waals surface area contributed by atoms with Crippen LogP contribution in [0.2, 0.25) is 20.1 Å². The third-order valence-electron chi connectivity index (χ3n) is 3.28. The van der Waals surface area contributed by atoms with Crippen LogP contribution >= 0.6 is 46.4 Å². The van der Waals surface area contributed by atoms with Gasteiger partial charge in [-0.25, -0.2) is 0 Å². The highest BCUT2D eigenvalue weighted by Gasteiger charge is 2.19. The maximum absolute atomic E-state index is 11.5. The largest absolute Gasteiger partial charge is 0.481 e. The molecule has 2 aromatic carbocycles. The molecule has 0 fully saturated rings. The summed E-state index contributed by atoms with van der Waals surface area (Å²) in [6, 6.07) is 10.3. The normalized spacial score (nSPS) is 11.0. The van der Waals surface area contributed by atoms with E-state index in [1.165, 1.54) is 0 Å². The molecule has 0 aliphatic rings. The molecule has 0 saturated heterocycles. The first-order chi connectivity index (χ1) is 10.4. The number of hydrogen-bond acceptors (Lipinski definition) is 1. The highest BCUT2D eigenvalue weighted by atomic mass is 35.5. The number of carboxylic acid groups (broad SMARTS) is 1. The van der Waals surface area contributed by atoms with Crippen LogP contribution in [0.5, 0.6) is 0 Å². The van der Waals surface area contributed by atoms with Crippen LogP contribution in [-0.2, 0) is 17.6 Å². The third kappa shape index (κ3) is 4.53. The lowest BCUT2D eigenvalue weighted by Crippen LogP contribution is -2.19. The number of hydrogen-bond donors (Lipinski definition) is 1. The lowest BCUT2D eigenvalue weighted by molar-refractivity contribution is -0.141. The van der Waals surface area contributed by atoms with E-state index in [1.54, 1.807) is 36.4 Å². The molecule has 0 aliphatic heterocycles. The van der Waals surface area contributed by atoms with Crippen molar-refractivity contribution in [3.05, 3.63) is 67.6 Å². The van der Waals surface area contributed by atoms with Gasteiger partial charge in [0.1, 0.15) is 0 Å². The van der Waals surface area contributed by atoms with Gasteiger partial charge < -0.3 is 5.11 Å². The van der Waals surface area contributed by atoms with Gasteiger partial charge in [-0.05, 0) is 48.2 Å². The summed E-state index contributed by atoms with van der Waals surface area (Å²) in [7, 11) is 0. The summed E-state index contributed by atoms with van der Waals surface area (Å²) in [5.74, 6) is -1.47. The van der Waals surface area contributed by atoms with Gasteiger partial charge in [-0.15, -0.1) is 0 Å². The van der Waals surface area contributed by atoms with Gasteiger partial charge in [0, 0.05) is 0 Å². The molecule has 0 heterocycles. The van der Waals surface area contributed by atoms with Crippen LogP contribution in [0.4, 0.5) is 0 Å². The number of carbonyl (C=O) groups is 1. The summed E-state index contributed by atoms with van der Waals surface area (Å²) in [5.41, 5.74) is 1.64. The fraction of sp³-hybridized carbons (Fsp3) is 0.188. The Bertz CT molecular complexity index is 647. The Hall–Kier alpha value is -0.930. The Morgan fingerprint density at radius 3 is 1.55 bits per heavy atom. The van der Waals surface area contributed by atoms with Crippen molar-refractivity contribution in [2.45, 2.75) is 12.8 Å². The van der Waals surface area contributed by atoms with E-state index >= 15 is 0 Å². The van der Waals surface area contributed by atoms with Crippen LogP contribution in [0.25, 0.3) is 0 Å². The molecule has 2 rings (SSSR count). The Balaban J connectivity index is 2.17. The molecule has 2 nitrogen and oxygen atoms in total. The van der Waals surface area contributed by atoms with E-state index in [9.17, 15) is 9.90 Å². The predicted molar refractivity (Wildman–Crippen MR) is 91.5 cm³/mol. The number of aliphatic carboxylic acids is 1. The molecular weight excluding hydrogens is 366 g/mol. The van der Waals surface area contributed by atoms with Gasteiger partial charge in [0.15, 0.2) is 0 Å². The van der Waals surface area contributed by atoms with E-state index < -0.39 is 11.9 Å². The first-order valence-corrected chi connectivity index (χ1v) is 7.98. The van der Waals surface area contributed by atoms with Crippen molar-refractivity contribution in [2.75, 3.05) is 0 Å². The second-order valence-corrected chi connectivity index (χ2v) is 6.57. The summed E-state index contributed by atoms with van der Waals surface area (Å²) < 4.78 is 0. The van der Waals surface area contributed by atoms with Gasteiger partial charge in [-0.1, -0.05) is 58.5 Å². The van der Waals surface area contributed by atoms with E-state index in [-0.39, 0.29) is 0 Å². The molecule has 0 spiro atoms. The van der Waals surface area contributed by atoms with Gasteiger partial charge in [0.05, 0.1) is 26.0 Å². The smallest absolute Gasteiger partial charge is 0.307 e. The molecular formula is C16H12Cl4O2. The highest BCUT2D eigenvalue weighted by Crippen LogP contribution is 2.27. The fourth-order valence-corrected chi connectivity index (χ4v) is 2.79. The molecule has 116 valence electrons. The molecule has 0 unspecified atom stereocenters. The maximum atomic E-state index is 11.5. The zero-order valence-corrected chi connectivity index (χ0v) is 14.3. The highest BCUT2D eigenvalue weighted by molar-refractivity contribution is 6.42. The number of benzene rings is 2. The standard InChI is InChI=1S/C16H12Cl4O2/c17-12-3-1-9(7-14(12)19)5-11(16(21)22)6-10-2-4-13(18)15(20)8-10/h1-4,7-8,11H,5-6H2,(H,21,22). The van der Waals surface area contributed by atoms with Crippen molar-refractivity contribution in [2.24, 2.45) is 5.92 Å². The Labute approximate surface area is 148 Å². The molecule has 2 aromatic rings. The summed E-state index contributed by atoms with van der Waals surface area (Å²) in [4.78, 5) is 11.5. The minimum Gasteiger partial charge on any atom is -0.481 e. The van der Waals surface area contributed by atoms with Crippen molar-refractivity contribution >= 4 is 52.4 Å². The van der Waals surface area contributed by atoms with E-state index in [1.807, 2.05) is 0 Å². The molecule has 0 saturated carbocycles. The predicted octanol–water partition coefficient (Wildman–Crippen LogP) is 5.79. The SMILES string of the molecule is O=C(O)C(Cc1ccc(Cl)c(Cl)c1)Cc1ccc(Cl)c(Cl)c1. The number of rotatable bonds is 5. The van der Waals surface area contributed by atoms with Crippen molar-refractivity contribution in [3.63, 3.8) is 0 Å². The van der Waals surface area contributed by atoms with Crippen molar-refractivity contribution in [3.8, 4) is 0 Å². The topological polar surface area (TPSA) is 37.3 Å². The molecule has 0 bridgehead atoms. The van der Waals surface area contributed by atoms with Crippen molar-refractivity contribution in [1.82, 2.24) is 0 Å². The molecule has 1 N–H and O–H groups in total. The van der Waals surface area contributed by atoms with Crippen LogP contribution in [0.1, 0.15) is 11.1 Å². The molecule has 0 atom stereocenters.